The Hall–Kier alpha value is -2.21. The summed E-state index contributed by atoms with van der Waals surface area (Å²) in [7, 11) is -0.767. The molecular formula is C16H17N3O3S2. The Balaban J connectivity index is 2.05. The van der Waals surface area contributed by atoms with E-state index in [4.69, 9.17) is 5.26 Å². The first kappa shape index (κ1) is 18.1. The fourth-order valence-electron chi connectivity index (χ4n) is 2.00. The normalized spacial score (nSPS) is 11.2. The maximum absolute atomic E-state index is 12.5. The van der Waals surface area contributed by atoms with Gasteiger partial charge in [-0.3, -0.25) is 4.79 Å². The van der Waals surface area contributed by atoms with Crippen molar-refractivity contribution >= 4 is 27.3 Å². The molecule has 0 aliphatic carbocycles. The molecule has 2 aromatic rings. The fraction of sp³-hybridized carbons (Fsp3) is 0.250. The van der Waals surface area contributed by atoms with Crippen molar-refractivity contribution in [3.63, 3.8) is 0 Å². The van der Waals surface area contributed by atoms with E-state index in [0.29, 0.717) is 12.1 Å². The highest BCUT2D eigenvalue weighted by Gasteiger charge is 2.24. The summed E-state index contributed by atoms with van der Waals surface area (Å²) in [6, 6.07) is 11.4. The molecule has 0 bridgehead atoms. The second-order valence-corrected chi connectivity index (χ2v) is 8.30. The molecule has 0 radical (unpaired) electrons. The molecule has 0 aliphatic rings. The number of likely N-dealkylation sites (N-methyl/N-ethyl adjacent to an activating group) is 2. The van der Waals surface area contributed by atoms with Gasteiger partial charge in [0.05, 0.1) is 29.6 Å². The van der Waals surface area contributed by atoms with Crippen LogP contribution in [0, 0.1) is 11.3 Å². The number of carbonyl (C=O) groups is 1. The van der Waals surface area contributed by atoms with Crippen LogP contribution < -0.4 is 0 Å². The van der Waals surface area contributed by atoms with Gasteiger partial charge in [0.25, 0.3) is 0 Å². The Morgan fingerprint density at radius 1 is 1.21 bits per heavy atom. The summed E-state index contributed by atoms with van der Waals surface area (Å²) in [5.74, 6) is -0.289. The third kappa shape index (κ3) is 4.20. The zero-order valence-electron chi connectivity index (χ0n) is 13.3. The molecule has 1 aromatic heterocycles. The Kier molecular flexibility index (Phi) is 5.72. The molecule has 0 N–H and O–H groups in total. The van der Waals surface area contributed by atoms with Gasteiger partial charge in [-0.2, -0.15) is 9.57 Å². The van der Waals surface area contributed by atoms with Crippen LogP contribution in [0.15, 0.2) is 46.7 Å². The van der Waals surface area contributed by atoms with Crippen molar-refractivity contribution in [3.8, 4) is 6.07 Å². The molecule has 8 heteroatoms. The molecule has 0 unspecified atom stereocenters. The first-order chi connectivity index (χ1) is 11.3. The lowest BCUT2D eigenvalue weighted by Gasteiger charge is -2.21. The second kappa shape index (κ2) is 7.57. The van der Waals surface area contributed by atoms with Gasteiger partial charge in [-0.25, -0.2) is 8.42 Å². The number of nitrogens with zero attached hydrogens (tertiary/aromatic N) is 3. The number of amides is 1. The SMILES string of the molecule is CN(Cc1cccs1)C(=O)CN(C)S(=O)(=O)c1ccc(C#N)cc1. The van der Waals surface area contributed by atoms with Crippen LogP contribution in [0.1, 0.15) is 10.4 Å². The van der Waals surface area contributed by atoms with E-state index in [0.717, 1.165) is 9.18 Å². The molecule has 0 saturated heterocycles. The summed E-state index contributed by atoms with van der Waals surface area (Å²) in [5, 5.41) is 10.7. The van der Waals surface area contributed by atoms with Crippen molar-refractivity contribution < 1.29 is 13.2 Å². The summed E-state index contributed by atoms with van der Waals surface area (Å²) in [4.78, 5) is 14.8. The maximum atomic E-state index is 12.5. The van der Waals surface area contributed by atoms with Crippen molar-refractivity contribution in [2.75, 3.05) is 20.6 Å². The largest absolute Gasteiger partial charge is 0.339 e. The minimum atomic E-state index is -3.78. The average Bonchev–Trinajstić information content (AvgIpc) is 3.07. The van der Waals surface area contributed by atoms with Gasteiger partial charge in [0.1, 0.15) is 0 Å². The zero-order chi connectivity index (χ0) is 17.7. The van der Waals surface area contributed by atoms with Gasteiger partial charge >= 0.3 is 0 Å². The summed E-state index contributed by atoms with van der Waals surface area (Å²) in [6.07, 6.45) is 0. The van der Waals surface area contributed by atoms with Crippen molar-refractivity contribution in [2.24, 2.45) is 0 Å². The van der Waals surface area contributed by atoms with Crippen molar-refractivity contribution in [1.82, 2.24) is 9.21 Å². The predicted octanol–water partition coefficient (Wildman–Crippen LogP) is 1.90. The van der Waals surface area contributed by atoms with Gasteiger partial charge in [0.15, 0.2) is 0 Å². The van der Waals surface area contributed by atoms with Crippen molar-refractivity contribution in [1.29, 1.82) is 5.26 Å². The molecule has 1 amide bonds. The Morgan fingerprint density at radius 3 is 2.42 bits per heavy atom. The van der Waals surface area contributed by atoms with Crippen LogP contribution in [0.25, 0.3) is 0 Å². The topological polar surface area (TPSA) is 81.5 Å². The maximum Gasteiger partial charge on any atom is 0.243 e. The molecule has 6 nitrogen and oxygen atoms in total. The van der Waals surface area contributed by atoms with Gasteiger partial charge < -0.3 is 4.90 Å². The van der Waals surface area contributed by atoms with Crippen molar-refractivity contribution in [2.45, 2.75) is 11.4 Å². The predicted molar refractivity (Wildman–Crippen MR) is 91.8 cm³/mol. The van der Waals surface area contributed by atoms with Gasteiger partial charge in [0.2, 0.25) is 15.9 Å². The van der Waals surface area contributed by atoms with Crippen LogP contribution >= 0.6 is 11.3 Å². The van der Waals surface area contributed by atoms with E-state index in [9.17, 15) is 13.2 Å². The molecule has 1 heterocycles. The fourth-order valence-corrected chi connectivity index (χ4v) is 3.88. The lowest BCUT2D eigenvalue weighted by atomic mass is 10.2. The number of nitriles is 1. The summed E-state index contributed by atoms with van der Waals surface area (Å²) in [5.41, 5.74) is 0.378. The monoisotopic (exact) mass is 363 g/mol. The average molecular weight is 363 g/mol. The van der Waals surface area contributed by atoms with Crippen LogP contribution in [0.5, 0.6) is 0 Å². The summed E-state index contributed by atoms with van der Waals surface area (Å²) in [6.45, 7) is 0.200. The van der Waals surface area contributed by atoms with Gasteiger partial charge in [0, 0.05) is 19.0 Å². The first-order valence-electron chi connectivity index (χ1n) is 7.07. The molecule has 0 fully saturated rings. The van der Waals surface area contributed by atoms with E-state index in [2.05, 4.69) is 0 Å². The lowest BCUT2D eigenvalue weighted by Crippen LogP contribution is -2.39. The number of thiophene rings is 1. The Labute approximate surface area is 145 Å². The van der Waals surface area contributed by atoms with E-state index in [-0.39, 0.29) is 17.3 Å². The molecule has 0 atom stereocenters. The van der Waals surface area contributed by atoms with Gasteiger partial charge in [-0.05, 0) is 35.7 Å². The van der Waals surface area contributed by atoms with E-state index in [1.165, 1.54) is 36.2 Å². The molecule has 126 valence electrons. The van der Waals surface area contributed by atoms with E-state index in [1.54, 1.807) is 18.4 Å². The van der Waals surface area contributed by atoms with Gasteiger partial charge in [-0.1, -0.05) is 6.07 Å². The van der Waals surface area contributed by atoms with Crippen LogP contribution in [0.3, 0.4) is 0 Å². The molecule has 0 spiro atoms. The van der Waals surface area contributed by atoms with Crippen LogP contribution in [-0.2, 0) is 21.4 Å². The Morgan fingerprint density at radius 2 is 1.88 bits per heavy atom. The zero-order valence-corrected chi connectivity index (χ0v) is 15.0. The molecule has 2 rings (SSSR count). The highest BCUT2D eigenvalue weighted by molar-refractivity contribution is 7.89. The summed E-state index contributed by atoms with van der Waals surface area (Å²) >= 11 is 1.54. The minimum absolute atomic E-state index is 0.0534. The second-order valence-electron chi connectivity index (χ2n) is 5.23. The van der Waals surface area contributed by atoms with Crippen LogP contribution in [0.4, 0.5) is 0 Å². The Bertz CT molecular complexity index is 838. The van der Waals surface area contributed by atoms with Crippen LogP contribution in [-0.4, -0.2) is 44.2 Å². The van der Waals surface area contributed by atoms with E-state index in [1.807, 2.05) is 23.6 Å². The standard InChI is InChI=1S/C16H17N3O3S2/c1-18(11-14-4-3-9-23-14)16(20)12-19(2)24(21,22)15-7-5-13(10-17)6-8-15/h3-9H,11-12H2,1-2H3. The van der Waals surface area contributed by atoms with Crippen molar-refractivity contribution in [3.05, 3.63) is 52.2 Å². The molecule has 0 saturated carbocycles. The van der Waals surface area contributed by atoms with Gasteiger partial charge in [-0.15, -0.1) is 11.3 Å². The number of benzene rings is 1. The third-order valence-corrected chi connectivity index (χ3v) is 6.13. The first-order valence-corrected chi connectivity index (χ1v) is 9.39. The highest BCUT2D eigenvalue weighted by atomic mass is 32.2. The molecule has 0 aliphatic heterocycles. The lowest BCUT2D eigenvalue weighted by molar-refractivity contribution is -0.130. The summed E-state index contributed by atoms with van der Waals surface area (Å²) < 4.78 is 26.0. The van der Waals surface area contributed by atoms with E-state index < -0.39 is 10.0 Å². The van der Waals surface area contributed by atoms with E-state index >= 15 is 0 Å². The molecule has 1 aromatic carbocycles. The quantitative estimate of drug-likeness (QED) is 0.785. The number of sulfonamides is 1. The van der Waals surface area contributed by atoms with Crippen LogP contribution in [0.2, 0.25) is 0 Å². The molecular weight excluding hydrogens is 346 g/mol. The number of hydrogen-bond donors (Lipinski definition) is 0. The number of carbonyl (C=O) groups excluding carboxylic acids is 1. The molecule has 24 heavy (non-hydrogen) atoms. The highest BCUT2D eigenvalue weighted by Crippen LogP contribution is 2.16. The smallest absolute Gasteiger partial charge is 0.243 e. The minimum Gasteiger partial charge on any atom is -0.339 e. The number of rotatable bonds is 6. The third-order valence-electron chi connectivity index (χ3n) is 3.45. The number of hydrogen-bond acceptors (Lipinski definition) is 5.